The van der Waals surface area contributed by atoms with Crippen molar-refractivity contribution in [3.8, 4) is 0 Å². The maximum absolute atomic E-state index is 4.08. The van der Waals surface area contributed by atoms with E-state index in [2.05, 4.69) is 53.1 Å². The standard InChI is InChI=1S/C17H25N/c1-10(2)9-11(3)18-17-15(7)13(5)12(4)14(6)16(17)8/h18H,1,3,9H2,2,4-8H3. The number of benzene rings is 1. The van der Waals surface area contributed by atoms with Crippen LogP contribution in [-0.4, -0.2) is 0 Å². The van der Waals surface area contributed by atoms with Gasteiger partial charge in [0.15, 0.2) is 0 Å². The molecule has 1 nitrogen and oxygen atoms in total. The molecule has 1 heteroatoms. The normalized spacial score (nSPS) is 10.3. The van der Waals surface area contributed by atoms with E-state index in [0.717, 1.165) is 17.7 Å². The Hall–Kier alpha value is -1.50. The van der Waals surface area contributed by atoms with Crippen molar-refractivity contribution in [1.82, 2.24) is 0 Å². The molecule has 0 amide bonds. The third-order valence-corrected chi connectivity index (χ3v) is 3.82. The molecule has 0 atom stereocenters. The SMILES string of the molecule is C=C(C)CC(=C)Nc1c(C)c(C)c(C)c(C)c1C. The molecule has 18 heavy (non-hydrogen) atoms. The molecule has 0 unspecified atom stereocenters. The van der Waals surface area contributed by atoms with Crippen molar-refractivity contribution in [3.05, 3.63) is 52.2 Å². The van der Waals surface area contributed by atoms with Crippen LogP contribution in [0, 0.1) is 34.6 Å². The Morgan fingerprint density at radius 1 is 0.833 bits per heavy atom. The predicted molar refractivity (Wildman–Crippen MR) is 82.3 cm³/mol. The lowest BCUT2D eigenvalue weighted by Crippen LogP contribution is -2.06. The fourth-order valence-electron chi connectivity index (χ4n) is 2.27. The van der Waals surface area contributed by atoms with Crippen LogP contribution in [-0.2, 0) is 0 Å². The zero-order chi connectivity index (χ0) is 14.0. The van der Waals surface area contributed by atoms with Crippen LogP contribution in [0.1, 0.15) is 41.2 Å². The van der Waals surface area contributed by atoms with E-state index in [1.54, 1.807) is 0 Å². The van der Waals surface area contributed by atoms with E-state index in [-0.39, 0.29) is 0 Å². The van der Waals surface area contributed by atoms with Gasteiger partial charge < -0.3 is 5.32 Å². The minimum absolute atomic E-state index is 0.824. The molecule has 1 N–H and O–H groups in total. The largest absolute Gasteiger partial charge is 0.359 e. The minimum Gasteiger partial charge on any atom is -0.359 e. The van der Waals surface area contributed by atoms with E-state index in [4.69, 9.17) is 0 Å². The summed E-state index contributed by atoms with van der Waals surface area (Å²) in [5.74, 6) is 0. The summed E-state index contributed by atoms with van der Waals surface area (Å²) in [6.07, 6.45) is 0.824. The summed E-state index contributed by atoms with van der Waals surface area (Å²) in [4.78, 5) is 0. The molecule has 0 spiro atoms. The van der Waals surface area contributed by atoms with Gasteiger partial charge in [-0.2, -0.15) is 0 Å². The lowest BCUT2D eigenvalue weighted by Gasteiger charge is -2.21. The van der Waals surface area contributed by atoms with Crippen molar-refractivity contribution in [1.29, 1.82) is 0 Å². The fraction of sp³-hybridized carbons (Fsp3) is 0.412. The number of anilines is 1. The van der Waals surface area contributed by atoms with Crippen molar-refractivity contribution >= 4 is 5.69 Å². The molecule has 0 fully saturated rings. The average molecular weight is 243 g/mol. The highest BCUT2D eigenvalue weighted by molar-refractivity contribution is 5.66. The number of hydrogen-bond donors (Lipinski definition) is 1. The Balaban J connectivity index is 3.18. The fourth-order valence-corrected chi connectivity index (χ4v) is 2.27. The van der Waals surface area contributed by atoms with Gasteiger partial charge in [0, 0.05) is 17.8 Å². The highest BCUT2D eigenvalue weighted by Crippen LogP contribution is 2.31. The van der Waals surface area contributed by atoms with Gasteiger partial charge in [-0.05, 0) is 69.4 Å². The first-order valence-electron chi connectivity index (χ1n) is 6.41. The molecular weight excluding hydrogens is 218 g/mol. The second-order valence-electron chi connectivity index (χ2n) is 5.36. The summed E-state index contributed by atoms with van der Waals surface area (Å²) in [6.45, 7) is 20.9. The summed E-state index contributed by atoms with van der Waals surface area (Å²) in [7, 11) is 0. The van der Waals surface area contributed by atoms with Crippen LogP contribution in [0.25, 0.3) is 0 Å². The molecule has 0 aliphatic carbocycles. The van der Waals surface area contributed by atoms with Gasteiger partial charge in [0.25, 0.3) is 0 Å². The number of hydrogen-bond acceptors (Lipinski definition) is 1. The Labute approximate surface area is 112 Å². The van der Waals surface area contributed by atoms with Gasteiger partial charge in [0.1, 0.15) is 0 Å². The van der Waals surface area contributed by atoms with Crippen molar-refractivity contribution in [2.45, 2.75) is 48.0 Å². The van der Waals surface area contributed by atoms with Gasteiger partial charge >= 0.3 is 0 Å². The van der Waals surface area contributed by atoms with Crippen molar-refractivity contribution in [2.75, 3.05) is 5.32 Å². The van der Waals surface area contributed by atoms with Crippen LogP contribution in [0.15, 0.2) is 24.4 Å². The van der Waals surface area contributed by atoms with Gasteiger partial charge in [-0.15, -0.1) is 0 Å². The zero-order valence-corrected chi connectivity index (χ0v) is 12.6. The van der Waals surface area contributed by atoms with Crippen LogP contribution >= 0.6 is 0 Å². The number of allylic oxidation sites excluding steroid dienone is 1. The van der Waals surface area contributed by atoms with Crippen molar-refractivity contribution < 1.29 is 0 Å². The highest BCUT2D eigenvalue weighted by Gasteiger charge is 2.12. The van der Waals surface area contributed by atoms with Crippen molar-refractivity contribution in [3.63, 3.8) is 0 Å². The van der Waals surface area contributed by atoms with Crippen LogP contribution in [0.4, 0.5) is 5.69 Å². The van der Waals surface area contributed by atoms with E-state index in [1.807, 2.05) is 6.92 Å². The summed E-state index contributed by atoms with van der Waals surface area (Å²) >= 11 is 0. The molecule has 98 valence electrons. The zero-order valence-electron chi connectivity index (χ0n) is 12.6. The molecule has 0 bridgehead atoms. The average Bonchev–Trinajstić information content (AvgIpc) is 2.29. The third kappa shape index (κ3) is 2.84. The van der Waals surface area contributed by atoms with E-state index in [9.17, 15) is 0 Å². The molecule has 0 radical (unpaired) electrons. The van der Waals surface area contributed by atoms with Crippen LogP contribution in [0.2, 0.25) is 0 Å². The predicted octanol–water partition coefficient (Wildman–Crippen LogP) is 5.12. The Bertz CT molecular complexity index is 478. The smallest absolute Gasteiger partial charge is 0.0446 e. The Morgan fingerprint density at radius 3 is 1.61 bits per heavy atom. The minimum atomic E-state index is 0.824. The first-order chi connectivity index (χ1) is 8.25. The topological polar surface area (TPSA) is 12.0 Å². The van der Waals surface area contributed by atoms with Gasteiger partial charge in [0.05, 0.1) is 0 Å². The molecule has 0 aliphatic heterocycles. The van der Waals surface area contributed by atoms with E-state index in [0.29, 0.717) is 0 Å². The second kappa shape index (κ2) is 5.43. The Kier molecular flexibility index (Phi) is 4.39. The number of rotatable bonds is 4. The summed E-state index contributed by atoms with van der Waals surface area (Å²) in [5.41, 5.74) is 10.1. The molecular formula is C17H25N. The summed E-state index contributed by atoms with van der Waals surface area (Å²) in [5, 5.41) is 3.46. The summed E-state index contributed by atoms with van der Waals surface area (Å²) < 4.78 is 0. The molecule has 0 heterocycles. The lowest BCUT2D eigenvalue weighted by molar-refractivity contribution is 1.11. The van der Waals surface area contributed by atoms with Crippen LogP contribution < -0.4 is 5.32 Å². The maximum atomic E-state index is 4.08. The maximum Gasteiger partial charge on any atom is 0.0446 e. The van der Waals surface area contributed by atoms with Gasteiger partial charge in [-0.3, -0.25) is 0 Å². The molecule has 0 saturated carbocycles. The molecule has 1 aromatic rings. The second-order valence-corrected chi connectivity index (χ2v) is 5.36. The van der Waals surface area contributed by atoms with Crippen LogP contribution in [0.3, 0.4) is 0 Å². The van der Waals surface area contributed by atoms with Crippen molar-refractivity contribution in [2.24, 2.45) is 0 Å². The van der Waals surface area contributed by atoms with E-state index in [1.165, 1.54) is 33.5 Å². The lowest BCUT2D eigenvalue weighted by atomic mass is 9.93. The molecule has 0 saturated heterocycles. The van der Waals surface area contributed by atoms with Gasteiger partial charge in [-0.1, -0.05) is 18.7 Å². The quantitative estimate of drug-likeness (QED) is 0.724. The van der Waals surface area contributed by atoms with Gasteiger partial charge in [0.2, 0.25) is 0 Å². The van der Waals surface area contributed by atoms with Gasteiger partial charge in [-0.25, -0.2) is 0 Å². The first-order valence-corrected chi connectivity index (χ1v) is 6.41. The third-order valence-electron chi connectivity index (χ3n) is 3.82. The van der Waals surface area contributed by atoms with E-state index < -0.39 is 0 Å². The summed E-state index contributed by atoms with van der Waals surface area (Å²) in [6, 6.07) is 0. The first kappa shape index (κ1) is 14.6. The van der Waals surface area contributed by atoms with E-state index >= 15 is 0 Å². The molecule has 0 aromatic heterocycles. The Morgan fingerprint density at radius 2 is 1.22 bits per heavy atom. The molecule has 0 aliphatic rings. The van der Waals surface area contributed by atoms with Crippen LogP contribution in [0.5, 0.6) is 0 Å². The highest BCUT2D eigenvalue weighted by atomic mass is 14.9. The molecule has 1 aromatic carbocycles. The number of nitrogens with one attached hydrogen (secondary N) is 1. The monoisotopic (exact) mass is 243 g/mol. The molecule has 1 rings (SSSR count).